The summed E-state index contributed by atoms with van der Waals surface area (Å²) in [5.74, 6) is 1.21. The van der Waals surface area contributed by atoms with E-state index in [2.05, 4.69) is 40.1 Å². The van der Waals surface area contributed by atoms with Crippen LogP contribution in [-0.2, 0) is 4.74 Å². The monoisotopic (exact) mass is 412 g/mol. The highest BCUT2D eigenvalue weighted by atomic mass is 16.5. The quantitative estimate of drug-likeness (QED) is 0.767. The van der Waals surface area contributed by atoms with Gasteiger partial charge < -0.3 is 10.1 Å². The molecule has 6 nitrogen and oxygen atoms in total. The first-order valence-electron chi connectivity index (χ1n) is 11.6. The summed E-state index contributed by atoms with van der Waals surface area (Å²) in [4.78, 5) is 23.9. The topological polar surface area (TPSA) is 67.3 Å². The van der Waals surface area contributed by atoms with Gasteiger partial charge in [-0.2, -0.15) is 0 Å². The molecule has 2 fully saturated rings. The van der Waals surface area contributed by atoms with Crippen molar-refractivity contribution in [2.75, 3.05) is 26.2 Å². The predicted molar refractivity (Wildman–Crippen MR) is 117 cm³/mol. The molecule has 4 rings (SSSR count). The van der Waals surface area contributed by atoms with E-state index in [0.29, 0.717) is 17.5 Å². The highest BCUT2D eigenvalue weighted by Gasteiger charge is 2.46. The number of rotatable bonds is 4. The first-order valence-corrected chi connectivity index (χ1v) is 11.6. The highest BCUT2D eigenvalue weighted by Crippen LogP contribution is 2.36. The predicted octanol–water partition coefficient (Wildman–Crippen LogP) is 3.52. The molecule has 3 aliphatic rings. The molecule has 2 aliphatic carbocycles. The lowest BCUT2D eigenvalue weighted by Crippen LogP contribution is -2.64. The molecular weight excluding hydrogens is 376 g/mol. The van der Waals surface area contributed by atoms with Crippen LogP contribution in [-0.4, -0.2) is 58.7 Å². The number of nitrogens with zero attached hydrogens (tertiary/aromatic N) is 3. The van der Waals surface area contributed by atoms with Crippen LogP contribution in [0.15, 0.2) is 24.0 Å². The molecule has 0 unspecified atom stereocenters. The van der Waals surface area contributed by atoms with E-state index >= 15 is 0 Å². The van der Waals surface area contributed by atoms with Crippen molar-refractivity contribution >= 4 is 5.91 Å². The molecule has 1 saturated heterocycles. The van der Waals surface area contributed by atoms with Gasteiger partial charge in [0.05, 0.1) is 24.5 Å². The number of carbonyl (C=O) groups is 1. The summed E-state index contributed by atoms with van der Waals surface area (Å²) in [5, 5.41) is 3.25. The Morgan fingerprint density at radius 2 is 2.13 bits per heavy atom. The van der Waals surface area contributed by atoms with Crippen molar-refractivity contribution in [1.29, 1.82) is 0 Å². The molecule has 0 aromatic carbocycles. The number of ether oxygens (including phenoxy) is 1. The number of aryl methyl sites for hydroxylation is 1. The van der Waals surface area contributed by atoms with Gasteiger partial charge in [0, 0.05) is 25.8 Å². The van der Waals surface area contributed by atoms with Crippen LogP contribution in [0.4, 0.5) is 0 Å². The zero-order valence-electron chi connectivity index (χ0n) is 18.7. The smallest absolute Gasteiger partial charge is 0.271 e. The minimum Gasteiger partial charge on any atom is -0.370 e. The van der Waals surface area contributed by atoms with Crippen LogP contribution in [0.5, 0.6) is 0 Å². The minimum atomic E-state index is -0.284. The van der Waals surface area contributed by atoms with Gasteiger partial charge in [0.25, 0.3) is 5.91 Å². The Kier molecular flexibility index (Phi) is 6.54. The van der Waals surface area contributed by atoms with E-state index in [4.69, 9.17) is 4.74 Å². The van der Waals surface area contributed by atoms with Crippen molar-refractivity contribution in [2.24, 2.45) is 11.8 Å². The third-order valence-electron chi connectivity index (χ3n) is 7.28. The molecule has 1 saturated carbocycles. The van der Waals surface area contributed by atoms with E-state index in [0.717, 1.165) is 57.6 Å². The van der Waals surface area contributed by atoms with Crippen LogP contribution >= 0.6 is 0 Å². The second kappa shape index (κ2) is 9.15. The standard InChI is InChI=1S/C24H36N4O2/c1-17-7-8-20(18(2)12-17)15-28-10-11-30-24(16-28)9-5-4-6-22(24)27-23(29)21-14-25-19(3)13-26-21/h12-14,18,20,22H,4-11,15-16H2,1-3H3,(H,27,29)/t18-,20-,22-,24-/m0/s1. The van der Waals surface area contributed by atoms with Gasteiger partial charge in [0.1, 0.15) is 11.3 Å². The molecule has 6 heteroatoms. The number of morpholine rings is 1. The molecule has 1 aromatic heterocycles. The fraction of sp³-hybridized carbons (Fsp3) is 0.708. The fourth-order valence-electron chi connectivity index (χ4n) is 5.49. The van der Waals surface area contributed by atoms with E-state index in [-0.39, 0.29) is 17.6 Å². The van der Waals surface area contributed by atoms with Crippen molar-refractivity contribution in [2.45, 2.75) is 70.9 Å². The molecule has 0 bridgehead atoms. The van der Waals surface area contributed by atoms with Crippen LogP contribution in [0.25, 0.3) is 0 Å². The Labute approximate surface area is 180 Å². The summed E-state index contributed by atoms with van der Waals surface area (Å²) in [6.45, 7) is 10.2. The number of hydrogen-bond acceptors (Lipinski definition) is 5. The lowest BCUT2D eigenvalue weighted by atomic mass is 9.77. The molecule has 1 amide bonds. The fourth-order valence-corrected chi connectivity index (χ4v) is 5.49. The van der Waals surface area contributed by atoms with E-state index in [1.807, 2.05) is 6.92 Å². The maximum Gasteiger partial charge on any atom is 0.271 e. The van der Waals surface area contributed by atoms with Crippen LogP contribution in [0, 0.1) is 18.8 Å². The van der Waals surface area contributed by atoms with Crippen LogP contribution in [0.1, 0.15) is 68.6 Å². The van der Waals surface area contributed by atoms with Gasteiger partial charge in [0.2, 0.25) is 0 Å². The number of aromatic nitrogens is 2. The normalized spacial score (nSPS) is 32.6. The Balaban J connectivity index is 1.43. The molecule has 2 heterocycles. The molecule has 1 aromatic rings. The second-order valence-electron chi connectivity index (χ2n) is 9.63. The molecule has 1 aliphatic heterocycles. The van der Waals surface area contributed by atoms with Crippen molar-refractivity contribution < 1.29 is 9.53 Å². The van der Waals surface area contributed by atoms with Crippen molar-refractivity contribution in [3.05, 3.63) is 35.4 Å². The average molecular weight is 413 g/mol. The van der Waals surface area contributed by atoms with Gasteiger partial charge in [-0.05, 0) is 51.4 Å². The zero-order chi connectivity index (χ0) is 21.1. The summed E-state index contributed by atoms with van der Waals surface area (Å²) in [7, 11) is 0. The molecule has 164 valence electrons. The Hall–Kier alpha value is -1.79. The van der Waals surface area contributed by atoms with E-state index < -0.39 is 0 Å². The number of carbonyl (C=O) groups excluding carboxylic acids is 1. The summed E-state index contributed by atoms with van der Waals surface area (Å²) in [6.07, 6.45) is 12.4. The summed E-state index contributed by atoms with van der Waals surface area (Å²) in [6, 6.07) is 0.0237. The maximum absolute atomic E-state index is 12.8. The Bertz CT molecular complexity index is 774. The van der Waals surface area contributed by atoms with E-state index in [1.54, 1.807) is 12.4 Å². The van der Waals surface area contributed by atoms with Crippen molar-refractivity contribution in [1.82, 2.24) is 20.2 Å². The lowest BCUT2D eigenvalue weighted by Gasteiger charge is -2.50. The number of nitrogens with one attached hydrogen (secondary N) is 1. The summed E-state index contributed by atoms with van der Waals surface area (Å²) < 4.78 is 6.43. The van der Waals surface area contributed by atoms with Gasteiger partial charge in [-0.15, -0.1) is 0 Å². The Morgan fingerprint density at radius 3 is 2.90 bits per heavy atom. The molecular formula is C24H36N4O2. The molecule has 1 spiro atoms. The number of amides is 1. The van der Waals surface area contributed by atoms with Gasteiger partial charge in [-0.25, -0.2) is 4.98 Å². The van der Waals surface area contributed by atoms with Gasteiger partial charge >= 0.3 is 0 Å². The summed E-state index contributed by atoms with van der Waals surface area (Å²) >= 11 is 0. The van der Waals surface area contributed by atoms with E-state index in [1.165, 1.54) is 18.4 Å². The van der Waals surface area contributed by atoms with Crippen LogP contribution in [0.3, 0.4) is 0 Å². The molecule has 4 atom stereocenters. The largest absolute Gasteiger partial charge is 0.370 e. The molecule has 0 radical (unpaired) electrons. The van der Waals surface area contributed by atoms with Crippen LogP contribution in [0.2, 0.25) is 0 Å². The van der Waals surface area contributed by atoms with Crippen LogP contribution < -0.4 is 5.32 Å². The number of hydrogen-bond donors (Lipinski definition) is 1. The highest BCUT2D eigenvalue weighted by molar-refractivity contribution is 5.92. The molecule has 1 N–H and O–H groups in total. The average Bonchev–Trinajstić information content (AvgIpc) is 2.73. The number of allylic oxidation sites excluding steroid dienone is 2. The lowest BCUT2D eigenvalue weighted by molar-refractivity contribution is -0.144. The maximum atomic E-state index is 12.8. The first-order chi connectivity index (χ1) is 14.4. The van der Waals surface area contributed by atoms with Crippen molar-refractivity contribution in [3.8, 4) is 0 Å². The molecule has 30 heavy (non-hydrogen) atoms. The van der Waals surface area contributed by atoms with Gasteiger partial charge in [0.15, 0.2) is 0 Å². The minimum absolute atomic E-state index is 0.0237. The van der Waals surface area contributed by atoms with E-state index in [9.17, 15) is 4.79 Å². The third kappa shape index (κ3) is 4.75. The zero-order valence-corrected chi connectivity index (χ0v) is 18.7. The van der Waals surface area contributed by atoms with Gasteiger partial charge in [-0.3, -0.25) is 14.7 Å². The second-order valence-corrected chi connectivity index (χ2v) is 9.63. The Morgan fingerprint density at radius 1 is 1.27 bits per heavy atom. The first kappa shape index (κ1) is 21.4. The SMILES string of the molecule is CC1=C[C@H](C)[C@H](CN2CCO[C@@]3(CCCC[C@@H]3NC(=O)c3cnc(C)cn3)C2)CC1. The van der Waals surface area contributed by atoms with Gasteiger partial charge in [-0.1, -0.05) is 31.4 Å². The van der Waals surface area contributed by atoms with Crippen molar-refractivity contribution in [3.63, 3.8) is 0 Å². The summed E-state index contributed by atoms with van der Waals surface area (Å²) in [5.41, 5.74) is 2.45. The third-order valence-corrected chi connectivity index (χ3v) is 7.28.